The number of ketones is 1. The minimum atomic E-state index is 0.00578. The molecule has 1 fully saturated rings. The lowest BCUT2D eigenvalue weighted by molar-refractivity contribution is 0.0946. The van der Waals surface area contributed by atoms with Crippen molar-refractivity contribution in [1.29, 1.82) is 0 Å². The molecule has 2 aromatic rings. The molecule has 1 unspecified atom stereocenters. The van der Waals surface area contributed by atoms with E-state index in [9.17, 15) is 4.79 Å². The molecule has 1 N–H and O–H groups in total. The lowest BCUT2D eigenvalue weighted by Crippen LogP contribution is -2.43. The van der Waals surface area contributed by atoms with Crippen molar-refractivity contribution in [3.05, 3.63) is 84.4 Å². The molecule has 1 aromatic carbocycles. The van der Waals surface area contributed by atoms with Gasteiger partial charge in [-0.05, 0) is 62.1 Å². The summed E-state index contributed by atoms with van der Waals surface area (Å²) in [7, 11) is 1.63. The van der Waals surface area contributed by atoms with Crippen LogP contribution in [0.3, 0.4) is 0 Å². The van der Waals surface area contributed by atoms with Crippen LogP contribution >= 0.6 is 0 Å². The zero-order valence-electron chi connectivity index (χ0n) is 20.1. The number of methoxy groups -OCH3 is 1. The number of para-hydroxylation sites is 1. The molecule has 2 aliphatic carbocycles. The number of ether oxygens (including phenoxy) is 3. The molecule has 1 atom stereocenters. The molecule has 0 saturated heterocycles. The predicted octanol–water partition coefficient (Wildman–Crippen LogP) is 5.97. The highest BCUT2D eigenvalue weighted by Gasteiger charge is 2.29. The minimum Gasteiger partial charge on any atom is -0.494 e. The maximum atomic E-state index is 13.3. The number of carbonyl (C=O) groups is 1. The number of aromatic nitrogens is 1. The zero-order chi connectivity index (χ0) is 24.0. The van der Waals surface area contributed by atoms with Gasteiger partial charge in [-0.25, -0.2) is 0 Å². The van der Waals surface area contributed by atoms with E-state index in [2.05, 4.69) is 28.5 Å². The Labute approximate surface area is 206 Å². The van der Waals surface area contributed by atoms with Crippen molar-refractivity contribution >= 4 is 16.7 Å². The van der Waals surface area contributed by atoms with Gasteiger partial charge in [0.15, 0.2) is 11.5 Å². The smallest absolute Gasteiger partial charge is 0.163 e. The van der Waals surface area contributed by atoms with E-state index in [4.69, 9.17) is 14.2 Å². The summed E-state index contributed by atoms with van der Waals surface area (Å²) in [6.45, 7) is 0. The van der Waals surface area contributed by atoms with Gasteiger partial charge in [0, 0.05) is 29.6 Å². The van der Waals surface area contributed by atoms with E-state index in [0.29, 0.717) is 24.1 Å². The zero-order valence-corrected chi connectivity index (χ0v) is 20.1. The molecule has 6 heteroatoms. The molecule has 35 heavy (non-hydrogen) atoms. The summed E-state index contributed by atoms with van der Waals surface area (Å²) in [4.78, 5) is 17.7. The van der Waals surface area contributed by atoms with Gasteiger partial charge in [-0.1, -0.05) is 30.4 Å². The van der Waals surface area contributed by atoms with Gasteiger partial charge in [-0.2, -0.15) is 0 Å². The summed E-state index contributed by atoms with van der Waals surface area (Å²) in [5.41, 5.74) is 2.79. The monoisotopic (exact) mass is 472 g/mol. The average Bonchev–Trinajstić information content (AvgIpc) is 2.93. The second-order valence-corrected chi connectivity index (χ2v) is 9.41. The Hall–Kier alpha value is -3.38. The molecular weight excluding hydrogens is 440 g/mol. The largest absolute Gasteiger partial charge is 0.494 e. The number of rotatable bonds is 8. The van der Waals surface area contributed by atoms with Gasteiger partial charge in [0.25, 0.3) is 0 Å². The van der Waals surface area contributed by atoms with Crippen LogP contribution in [0, 0.1) is 5.92 Å². The normalized spacial score (nSPS) is 22.5. The van der Waals surface area contributed by atoms with Crippen molar-refractivity contribution in [2.45, 2.75) is 57.0 Å². The highest BCUT2D eigenvalue weighted by Crippen LogP contribution is 2.32. The van der Waals surface area contributed by atoms with Crippen LogP contribution in [0.2, 0.25) is 0 Å². The molecule has 0 spiro atoms. The number of benzene rings is 1. The SMILES string of the molecule is COc1cccc2c(C(=O)CC3CCC(NC(C4=CC=CCC4)C4=COC=CO4)CC3)ccnc12. The maximum absolute atomic E-state index is 13.3. The quantitative estimate of drug-likeness (QED) is 0.478. The van der Waals surface area contributed by atoms with Crippen molar-refractivity contribution < 1.29 is 19.0 Å². The summed E-state index contributed by atoms with van der Waals surface area (Å²) >= 11 is 0. The Morgan fingerprint density at radius 3 is 2.83 bits per heavy atom. The maximum Gasteiger partial charge on any atom is 0.163 e. The summed E-state index contributed by atoms with van der Waals surface area (Å²) in [5, 5.41) is 4.68. The van der Waals surface area contributed by atoms with Crippen LogP contribution in [0.1, 0.15) is 55.3 Å². The molecular formula is C29H32N2O4. The average molecular weight is 473 g/mol. The number of Topliss-reactive ketones (excluding diaryl/α,β-unsaturated/α-hetero) is 1. The summed E-state index contributed by atoms with van der Waals surface area (Å²) in [6.07, 6.45) is 19.7. The van der Waals surface area contributed by atoms with Crippen LogP contribution in [0.5, 0.6) is 5.75 Å². The molecule has 6 nitrogen and oxygen atoms in total. The van der Waals surface area contributed by atoms with E-state index in [1.807, 2.05) is 24.3 Å². The number of allylic oxidation sites excluding steroid dienone is 3. The van der Waals surface area contributed by atoms with Crippen LogP contribution in [0.25, 0.3) is 10.9 Å². The summed E-state index contributed by atoms with van der Waals surface area (Å²) in [6, 6.07) is 7.96. The second kappa shape index (κ2) is 10.9. The van der Waals surface area contributed by atoms with Crippen LogP contribution in [-0.4, -0.2) is 30.0 Å². The molecule has 1 saturated carbocycles. The third-order valence-electron chi connectivity index (χ3n) is 7.20. The third-order valence-corrected chi connectivity index (χ3v) is 7.20. The Morgan fingerprint density at radius 2 is 2.09 bits per heavy atom. The number of pyridine rings is 1. The molecule has 0 amide bonds. The molecule has 0 radical (unpaired) electrons. The third kappa shape index (κ3) is 5.33. The van der Waals surface area contributed by atoms with Gasteiger partial charge in [0.1, 0.15) is 30.1 Å². The Balaban J connectivity index is 1.21. The van der Waals surface area contributed by atoms with Gasteiger partial charge in [-0.15, -0.1) is 0 Å². The van der Waals surface area contributed by atoms with Gasteiger partial charge in [0.05, 0.1) is 13.2 Å². The lowest BCUT2D eigenvalue weighted by Gasteiger charge is -2.34. The predicted molar refractivity (Wildman–Crippen MR) is 136 cm³/mol. The van der Waals surface area contributed by atoms with Crippen molar-refractivity contribution in [2.75, 3.05) is 7.11 Å². The van der Waals surface area contributed by atoms with E-state index in [1.165, 1.54) is 5.57 Å². The molecule has 3 aliphatic rings. The first-order valence-corrected chi connectivity index (χ1v) is 12.5. The Bertz CT molecular complexity index is 1190. The lowest BCUT2D eigenvalue weighted by atomic mass is 9.81. The fourth-order valence-electron chi connectivity index (χ4n) is 5.34. The van der Waals surface area contributed by atoms with Crippen LogP contribution in [0.15, 0.2) is 78.8 Å². The first-order chi connectivity index (χ1) is 17.2. The number of carbonyl (C=O) groups excluding carboxylic acids is 1. The molecule has 0 bridgehead atoms. The fraction of sp³-hybridized carbons (Fsp3) is 0.379. The highest BCUT2D eigenvalue weighted by atomic mass is 16.5. The fourth-order valence-corrected chi connectivity index (χ4v) is 5.34. The van der Waals surface area contributed by atoms with E-state index in [-0.39, 0.29) is 11.8 Å². The molecule has 1 aromatic heterocycles. The number of hydrogen-bond acceptors (Lipinski definition) is 6. The summed E-state index contributed by atoms with van der Waals surface area (Å²) < 4.78 is 16.6. The number of fused-ring (bicyclic) bond motifs is 1. The van der Waals surface area contributed by atoms with Crippen molar-refractivity contribution in [1.82, 2.24) is 10.3 Å². The molecule has 182 valence electrons. The van der Waals surface area contributed by atoms with Crippen LogP contribution in [0.4, 0.5) is 0 Å². The van der Waals surface area contributed by atoms with E-state index in [1.54, 1.807) is 32.1 Å². The van der Waals surface area contributed by atoms with Gasteiger partial charge in [0.2, 0.25) is 0 Å². The van der Waals surface area contributed by atoms with Gasteiger partial charge < -0.3 is 19.5 Å². The topological polar surface area (TPSA) is 69.7 Å². The van der Waals surface area contributed by atoms with Crippen LogP contribution in [-0.2, 0) is 9.47 Å². The Morgan fingerprint density at radius 1 is 1.20 bits per heavy atom. The van der Waals surface area contributed by atoms with Gasteiger partial charge in [-0.3, -0.25) is 9.78 Å². The van der Waals surface area contributed by atoms with E-state index < -0.39 is 0 Å². The molecule has 1 aliphatic heterocycles. The van der Waals surface area contributed by atoms with Crippen molar-refractivity contribution in [3.8, 4) is 5.75 Å². The van der Waals surface area contributed by atoms with Gasteiger partial charge >= 0.3 is 0 Å². The summed E-state index contributed by atoms with van der Waals surface area (Å²) in [5.74, 6) is 2.07. The number of nitrogens with zero attached hydrogens (tertiary/aromatic N) is 1. The standard InChI is InChI=1S/C29H32N2O4/c1-33-26-9-5-8-24-23(14-15-30-29(24)26)25(32)18-20-10-12-22(13-11-20)31-28(21-6-3-2-4-7-21)27-19-34-16-17-35-27/h2-3,5-6,8-9,14-17,19-20,22,28,31H,4,7,10-13,18H2,1H3. The first-order valence-electron chi connectivity index (χ1n) is 12.5. The minimum absolute atomic E-state index is 0.00578. The van der Waals surface area contributed by atoms with Crippen molar-refractivity contribution in [3.63, 3.8) is 0 Å². The Kier molecular flexibility index (Phi) is 7.28. The van der Waals surface area contributed by atoms with E-state index >= 15 is 0 Å². The molecule has 5 rings (SSSR count). The number of hydrogen-bond donors (Lipinski definition) is 1. The highest BCUT2D eigenvalue weighted by molar-refractivity contribution is 6.08. The van der Waals surface area contributed by atoms with Crippen molar-refractivity contribution in [2.24, 2.45) is 5.92 Å². The first kappa shape index (κ1) is 23.4. The number of nitrogens with one attached hydrogen (secondary N) is 1. The van der Waals surface area contributed by atoms with Crippen LogP contribution < -0.4 is 10.1 Å². The second-order valence-electron chi connectivity index (χ2n) is 9.41. The molecule has 2 heterocycles. The van der Waals surface area contributed by atoms with E-state index in [0.717, 1.165) is 60.8 Å².